The Hall–Kier alpha value is -2.83. The molecule has 0 bridgehead atoms. The molecule has 1 aromatic carbocycles. The molecule has 0 saturated heterocycles. The van der Waals surface area contributed by atoms with E-state index < -0.39 is 0 Å². The molecular formula is C20H26FN3O3. The first-order valence-electron chi connectivity index (χ1n) is 8.99. The minimum absolute atomic E-state index is 0.0502. The van der Waals surface area contributed by atoms with E-state index in [1.54, 1.807) is 35.4 Å². The van der Waals surface area contributed by atoms with Gasteiger partial charge >= 0.3 is 6.03 Å². The Kier molecular flexibility index (Phi) is 7.40. The third-order valence-corrected chi connectivity index (χ3v) is 4.08. The Morgan fingerprint density at radius 2 is 1.85 bits per heavy atom. The van der Waals surface area contributed by atoms with Crippen molar-refractivity contribution in [2.45, 2.75) is 39.9 Å². The molecule has 0 aliphatic rings. The van der Waals surface area contributed by atoms with Crippen molar-refractivity contribution in [2.75, 3.05) is 13.1 Å². The Morgan fingerprint density at radius 3 is 2.41 bits per heavy atom. The van der Waals surface area contributed by atoms with Crippen molar-refractivity contribution >= 4 is 11.9 Å². The van der Waals surface area contributed by atoms with E-state index >= 15 is 0 Å². The van der Waals surface area contributed by atoms with E-state index in [1.165, 1.54) is 17.0 Å². The maximum absolute atomic E-state index is 13.2. The summed E-state index contributed by atoms with van der Waals surface area (Å²) in [6.45, 7) is 6.55. The Balaban J connectivity index is 2.16. The van der Waals surface area contributed by atoms with Crippen LogP contribution in [-0.2, 0) is 17.9 Å². The SMILES string of the molecule is CCNC(=O)N(CC(=O)N(Cc1ccc(F)cc1)Cc1ccco1)C(C)C. The van der Waals surface area contributed by atoms with Crippen molar-refractivity contribution in [1.82, 2.24) is 15.1 Å². The first-order chi connectivity index (χ1) is 12.9. The van der Waals surface area contributed by atoms with Gasteiger partial charge in [0, 0.05) is 19.1 Å². The number of urea groups is 1. The van der Waals surface area contributed by atoms with E-state index in [0.717, 1.165) is 5.56 Å². The molecule has 6 nitrogen and oxygen atoms in total. The van der Waals surface area contributed by atoms with Crippen LogP contribution in [-0.4, -0.2) is 40.9 Å². The predicted molar refractivity (Wildman–Crippen MR) is 100 cm³/mol. The molecule has 146 valence electrons. The van der Waals surface area contributed by atoms with E-state index in [2.05, 4.69) is 5.32 Å². The zero-order valence-corrected chi connectivity index (χ0v) is 15.9. The number of rotatable bonds is 8. The van der Waals surface area contributed by atoms with E-state index in [1.807, 2.05) is 20.8 Å². The van der Waals surface area contributed by atoms with Crippen molar-refractivity contribution < 1.29 is 18.4 Å². The van der Waals surface area contributed by atoms with Crippen molar-refractivity contribution in [1.29, 1.82) is 0 Å². The average Bonchev–Trinajstić information content (AvgIpc) is 3.13. The zero-order chi connectivity index (χ0) is 19.8. The summed E-state index contributed by atoms with van der Waals surface area (Å²) in [4.78, 5) is 28.3. The molecule has 0 unspecified atom stereocenters. The highest BCUT2D eigenvalue weighted by Gasteiger charge is 2.24. The van der Waals surface area contributed by atoms with E-state index in [0.29, 0.717) is 18.8 Å². The lowest BCUT2D eigenvalue weighted by molar-refractivity contribution is -0.133. The standard InChI is InChI=1S/C20H26FN3O3/c1-4-22-20(26)24(15(2)3)14-19(25)23(13-18-6-5-11-27-18)12-16-7-9-17(21)10-8-16/h5-11,15H,4,12-14H2,1-3H3,(H,22,26). The number of furan rings is 1. The summed E-state index contributed by atoms with van der Waals surface area (Å²) in [6, 6.07) is 9.14. The van der Waals surface area contributed by atoms with Gasteiger partial charge in [-0.15, -0.1) is 0 Å². The van der Waals surface area contributed by atoms with Gasteiger partial charge in [0.05, 0.1) is 12.8 Å². The topological polar surface area (TPSA) is 65.8 Å². The second-order valence-electron chi connectivity index (χ2n) is 6.51. The quantitative estimate of drug-likeness (QED) is 0.769. The van der Waals surface area contributed by atoms with Crippen molar-refractivity contribution in [2.24, 2.45) is 0 Å². The van der Waals surface area contributed by atoms with Gasteiger partial charge in [0.2, 0.25) is 5.91 Å². The molecule has 0 saturated carbocycles. The first-order valence-corrected chi connectivity index (χ1v) is 8.99. The van der Waals surface area contributed by atoms with Gasteiger partial charge in [-0.1, -0.05) is 12.1 Å². The highest BCUT2D eigenvalue weighted by atomic mass is 19.1. The largest absolute Gasteiger partial charge is 0.467 e. The van der Waals surface area contributed by atoms with Gasteiger partial charge in [-0.2, -0.15) is 0 Å². The number of halogens is 1. The lowest BCUT2D eigenvalue weighted by atomic mass is 10.2. The highest BCUT2D eigenvalue weighted by molar-refractivity contribution is 5.84. The maximum atomic E-state index is 13.2. The molecule has 3 amide bonds. The monoisotopic (exact) mass is 375 g/mol. The first kappa shape index (κ1) is 20.5. The van der Waals surface area contributed by atoms with Gasteiger partial charge < -0.3 is 19.5 Å². The number of carbonyl (C=O) groups is 2. The summed E-state index contributed by atoms with van der Waals surface area (Å²) in [5.74, 6) is 0.0973. The average molecular weight is 375 g/mol. The number of nitrogens with one attached hydrogen (secondary N) is 1. The Bertz CT molecular complexity index is 729. The molecule has 0 aliphatic carbocycles. The minimum Gasteiger partial charge on any atom is -0.467 e. The number of hydrogen-bond acceptors (Lipinski definition) is 3. The van der Waals surface area contributed by atoms with Crippen LogP contribution in [0, 0.1) is 5.82 Å². The fraction of sp³-hybridized carbons (Fsp3) is 0.400. The molecule has 0 radical (unpaired) electrons. The molecule has 1 N–H and O–H groups in total. The van der Waals surface area contributed by atoms with Crippen molar-refractivity contribution in [3.05, 3.63) is 59.8 Å². The number of carbonyl (C=O) groups excluding carboxylic acids is 2. The van der Waals surface area contributed by atoms with Crippen LogP contribution < -0.4 is 5.32 Å². The van der Waals surface area contributed by atoms with Crippen molar-refractivity contribution in [3.8, 4) is 0 Å². The summed E-state index contributed by atoms with van der Waals surface area (Å²) < 4.78 is 18.5. The minimum atomic E-state index is -0.329. The number of amides is 3. The van der Waals surface area contributed by atoms with Crippen LogP contribution in [0.3, 0.4) is 0 Å². The second-order valence-corrected chi connectivity index (χ2v) is 6.51. The summed E-state index contributed by atoms with van der Waals surface area (Å²) in [7, 11) is 0. The molecular weight excluding hydrogens is 349 g/mol. The van der Waals surface area contributed by atoms with Gasteiger partial charge in [-0.05, 0) is 50.6 Å². The molecule has 0 fully saturated rings. The number of hydrogen-bond donors (Lipinski definition) is 1. The van der Waals surface area contributed by atoms with Crippen LogP contribution in [0.4, 0.5) is 9.18 Å². The molecule has 2 rings (SSSR count). The van der Waals surface area contributed by atoms with Gasteiger partial charge in [0.15, 0.2) is 0 Å². The molecule has 0 aliphatic heterocycles. The van der Waals surface area contributed by atoms with Gasteiger partial charge in [0.1, 0.15) is 18.1 Å². The van der Waals surface area contributed by atoms with Gasteiger partial charge in [0.25, 0.3) is 0 Å². The zero-order valence-electron chi connectivity index (χ0n) is 15.9. The molecule has 7 heteroatoms. The van der Waals surface area contributed by atoms with Crippen LogP contribution in [0.25, 0.3) is 0 Å². The van der Waals surface area contributed by atoms with Crippen LogP contribution in [0.2, 0.25) is 0 Å². The second kappa shape index (κ2) is 9.75. The summed E-state index contributed by atoms with van der Waals surface area (Å²) in [5, 5.41) is 2.73. The molecule has 1 heterocycles. The summed E-state index contributed by atoms with van der Waals surface area (Å²) in [5.41, 5.74) is 0.797. The predicted octanol–water partition coefficient (Wildman–Crippen LogP) is 3.39. The Labute approximate surface area is 158 Å². The van der Waals surface area contributed by atoms with Gasteiger partial charge in [-0.3, -0.25) is 4.79 Å². The summed E-state index contributed by atoms with van der Waals surface area (Å²) >= 11 is 0. The Morgan fingerprint density at radius 1 is 1.15 bits per heavy atom. The van der Waals surface area contributed by atoms with E-state index in [-0.39, 0.29) is 36.9 Å². The molecule has 1 aromatic heterocycles. The highest BCUT2D eigenvalue weighted by Crippen LogP contribution is 2.13. The molecule has 0 spiro atoms. The van der Waals surface area contributed by atoms with Crippen molar-refractivity contribution in [3.63, 3.8) is 0 Å². The van der Waals surface area contributed by atoms with Crippen LogP contribution in [0.1, 0.15) is 32.1 Å². The van der Waals surface area contributed by atoms with E-state index in [4.69, 9.17) is 4.42 Å². The maximum Gasteiger partial charge on any atom is 0.318 e. The summed E-state index contributed by atoms with van der Waals surface area (Å²) in [6.07, 6.45) is 1.55. The van der Waals surface area contributed by atoms with Crippen LogP contribution in [0.15, 0.2) is 47.1 Å². The molecule has 0 atom stereocenters. The van der Waals surface area contributed by atoms with E-state index in [9.17, 15) is 14.0 Å². The lowest BCUT2D eigenvalue weighted by Crippen LogP contribution is -2.49. The number of nitrogens with zero attached hydrogens (tertiary/aromatic N) is 2. The van der Waals surface area contributed by atoms with Crippen LogP contribution in [0.5, 0.6) is 0 Å². The molecule has 27 heavy (non-hydrogen) atoms. The van der Waals surface area contributed by atoms with Gasteiger partial charge in [-0.25, -0.2) is 9.18 Å². The van der Waals surface area contributed by atoms with Crippen LogP contribution >= 0.6 is 0 Å². The number of benzene rings is 1. The lowest BCUT2D eigenvalue weighted by Gasteiger charge is -2.29. The third kappa shape index (κ3) is 6.13. The fourth-order valence-electron chi connectivity index (χ4n) is 2.62. The fourth-order valence-corrected chi connectivity index (χ4v) is 2.62. The third-order valence-electron chi connectivity index (χ3n) is 4.08. The molecule has 2 aromatic rings. The normalized spacial score (nSPS) is 10.7. The smallest absolute Gasteiger partial charge is 0.318 e.